The summed E-state index contributed by atoms with van der Waals surface area (Å²) in [5, 5.41) is 3.59. The van der Waals surface area contributed by atoms with Crippen LogP contribution in [0.15, 0.2) is 17.2 Å². The molecular weight excluding hydrogens is 298 g/mol. The third-order valence-corrected chi connectivity index (χ3v) is 3.19. The van der Waals surface area contributed by atoms with E-state index in [2.05, 4.69) is 20.5 Å². The minimum Gasteiger partial charge on any atom is -0.337 e. The molecule has 1 amide bonds. The molecule has 5 nitrogen and oxygen atoms in total. The third kappa shape index (κ3) is 2.54. The summed E-state index contributed by atoms with van der Waals surface area (Å²) in [5.74, 6) is -1.14. The molecule has 2 N–H and O–H groups in total. The monoisotopic (exact) mass is 304 g/mol. The number of halogens is 3. The molecule has 1 aliphatic heterocycles. The van der Waals surface area contributed by atoms with Crippen LogP contribution in [0.5, 0.6) is 0 Å². The summed E-state index contributed by atoms with van der Waals surface area (Å²) >= 11 is 1.05. The Kier molecular flexibility index (Phi) is 3.72. The quantitative estimate of drug-likeness (QED) is 0.850. The Labute approximate surface area is 116 Å². The van der Waals surface area contributed by atoms with Crippen molar-refractivity contribution in [3.8, 4) is 0 Å². The van der Waals surface area contributed by atoms with Gasteiger partial charge in [0.1, 0.15) is 5.71 Å². The first-order valence-corrected chi connectivity index (χ1v) is 5.96. The normalized spacial score (nSPS) is 14.8. The Morgan fingerprint density at radius 1 is 1.26 bits per heavy atom. The second-order valence-corrected chi connectivity index (χ2v) is 4.56. The number of aromatic nitrogens is 2. The molecule has 19 heavy (non-hydrogen) atoms. The molecule has 0 spiro atoms. The van der Waals surface area contributed by atoms with Gasteiger partial charge in [-0.15, -0.1) is 12.4 Å². The Balaban J connectivity index is 0.00000133. The standard InChI is InChI=1S/C10H6F2N4OS.ClH/c11-4-1-6-7(2-5(4)12)14-9(13-6)8-3-18-10(17)16-15-8;/h1-2H,3H2,(H,13,14)(H,16,17);1H. The van der Waals surface area contributed by atoms with E-state index in [1.807, 2.05) is 0 Å². The highest BCUT2D eigenvalue weighted by molar-refractivity contribution is 8.14. The smallest absolute Gasteiger partial charge is 0.299 e. The minimum absolute atomic E-state index is 0. The van der Waals surface area contributed by atoms with Crippen LogP contribution in [0, 0.1) is 11.6 Å². The molecule has 0 fully saturated rings. The SMILES string of the molecule is Cl.O=C1NN=C(c2nc3cc(F)c(F)cc3[nH]2)CS1. The van der Waals surface area contributed by atoms with E-state index in [4.69, 9.17) is 0 Å². The van der Waals surface area contributed by atoms with E-state index in [0.717, 1.165) is 23.9 Å². The van der Waals surface area contributed by atoms with Crippen LogP contribution in [0.2, 0.25) is 0 Å². The Hall–Kier alpha value is -1.67. The van der Waals surface area contributed by atoms with Gasteiger partial charge >= 0.3 is 0 Å². The van der Waals surface area contributed by atoms with Crippen molar-refractivity contribution in [2.45, 2.75) is 0 Å². The fourth-order valence-electron chi connectivity index (χ4n) is 1.57. The van der Waals surface area contributed by atoms with Crippen LogP contribution >= 0.6 is 24.2 Å². The van der Waals surface area contributed by atoms with Crippen molar-refractivity contribution in [2.75, 3.05) is 5.75 Å². The minimum atomic E-state index is -0.950. The number of nitrogens with one attached hydrogen (secondary N) is 2. The number of hydrogen-bond donors (Lipinski definition) is 2. The van der Waals surface area contributed by atoms with Gasteiger partial charge in [-0.3, -0.25) is 4.79 Å². The zero-order chi connectivity index (χ0) is 12.7. The lowest BCUT2D eigenvalue weighted by Gasteiger charge is -2.08. The first-order chi connectivity index (χ1) is 8.63. The number of thioether (sulfide) groups is 1. The van der Waals surface area contributed by atoms with Crippen LogP contribution in [0.1, 0.15) is 5.82 Å². The van der Waals surface area contributed by atoms with Crippen LogP contribution < -0.4 is 5.43 Å². The van der Waals surface area contributed by atoms with Crippen molar-refractivity contribution in [3.05, 3.63) is 29.6 Å². The molecule has 9 heteroatoms. The highest BCUT2D eigenvalue weighted by Gasteiger charge is 2.17. The van der Waals surface area contributed by atoms with E-state index in [9.17, 15) is 13.6 Å². The second kappa shape index (κ2) is 5.14. The lowest BCUT2D eigenvalue weighted by Crippen LogP contribution is -2.24. The van der Waals surface area contributed by atoms with Crippen molar-refractivity contribution in [1.82, 2.24) is 15.4 Å². The highest BCUT2D eigenvalue weighted by atomic mass is 35.5. The molecule has 100 valence electrons. The molecule has 0 unspecified atom stereocenters. The van der Waals surface area contributed by atoms with Gasteiger partial charge < -0.3 is 4.98 Å². The summed E-state index contributed by atoms with van der Waals surface area (Å²) in [6, 6.07) is 2.05. The average molecular weight is 305 g/mol. The molecule has 1 aliphatic rings. The number of aromatic amines is 1. The summed E-state index contributed by atoms with van der Waals surface area (Å²) in [6.45, 7) is 0. The molecule has 2 aromatic rings. The maximum atomic E-state index is 13.0. The first-order valence-electron chi connectivity index (χ1n) is 4.98. The molecule has 0 saturated heterocycles. The molecule has 3 rings (SSSR count). The summed E-state index contributed by atoms with van der Waals surface area (Å²) in [6.07, 6.45) is 0. The van der Waals surface area contributed by atoms with E-state index < -0.39 is 11.6 Å². The number of carbonyl (C=O) groups is 1. The van der Waals surface area contributed by atoms with Crippen LogP contribution in [0.4, 0.5) is 13.6 Å². The Morgan fingerprint density at radius 3 is 2.68 bits per heavy atom. The van der Waals surface area contributed by atoms with E-state index >= 15 is 0 Å². The van der Waals surface area contributed by atoms with Gasteiger partial charge in [0.15, 0.2) is 17.5 Å². The average Bonchev–Trinajstić information content (AvgIpc) is 2.73. The zero-order valence-corrected chi connectivity index (χ0v) is 10.9. The van der Waals surface area contributed by atoms with Gasteiger partial charge in [-0.05, 0) is 0 Å². The van der Waals surface area contributed by atoms with Crippen molar-refractivity contribution in [3.63, 3.8) is 0 Å². The lowest BCUT2D eigenvalue weighted by molar-refractivity contribution is 0.261. The fraction of sp³-hybridized carbons (Fsp3) is 0.100. The van der Waals surface area contributed by atoms with E-state index in [0.29, 0.717) is 28.3 Å². The predicted octanol–water partition coefficient (Wildman–Crippen LogP) is 2.42. The number of hydrazone groups is 1. The molecule has 0 radical (unpaired) electrons. The van der Waals surface area contributed by atoms with Gasteiger partial charge in [0.2, 0.25) is 0 Å². The number of nitrogens with zero attached hydrogens (tertiary/aromatic N) is 2. The summed E-state index contributed by atoms with van der Waals surface area (Å²) in [7, 11) is 0. The summed E-state index contributed by atoms with van der Waals surface area (Å²) < 4.78 is 26.1. The van der Waals surface area contributed by atoms with Crippen molar-refractivity contribution in [2.24, 2.45) is 5.10 Å². The van der Waals surface area contributed by atoms with Gasteiger partial charge in [0.25, 0.3) is 5.24 Å². The maximum absolute atomic E-state index is 13.0. The van der Waals surface area contributed by atoms with Gasteiger partial charge in [-0.1, -0.05) is 11.8 Å². The topological polar surface area (TPSA) is 70.1 Å². The lowest BCUT2D eigenvalue weighted by atomic mass is 10.3. The molecule has 1 aromatic carbocycles. The molecule has 0 saturated carbocycles. The van der Waals surface area contributed by atoms with Crippen LogP contribution in [0.25, 0.3) is 11.0 Å². The number of hydrogen-bond acceptors (Lipinski definition) is 4. The largest absolute Gasteiger partial charge is 0.337 e. The van der Waals surface area contributed by atoms with Crippen LogP contribution in [0.3, 0.4) is 0 Å². The maximum Gasteiger partial charge on any atom is 0.299 e. The van der Waals surface area contributed by atoms with Gasteiger partial charge in [0.05, 0.1) is 16.8 Å². The van der Waals surface area contributed by atoms with Gasteiger partial charge in [-0.25, -0.2) is 19.2 Å². The van der Waals surface area contributed by atoms with Crippen LogP contribution in [-0.2, 0) is 0 Å². The molecule has 2 heterocycles. The van der Waals surface area contributed by atoms with E-state index in [-0.39, 0.29) is 17.6 Å². The Morgan fingerprint density at radius 2 is 2.00 bits per heavy atom. The van der Waals surface area contributed by atoms with Gasteiger partial charge in [-0.2, -0.15) is 5.10 Å². The predicted molar refractivity (Wildman–Crippen MR) is 70.8 cm³/mol. The van der Waals surface area contributed by atoms with Crippen LogP contribution in [-0.4, -0.2) is 26.7 Å². The van der Waals surface area contributed by atoms with Gasteiger partial charge in [0, 0.05) is 12.1 Å². The number of rotatable bonds is 1. The number of benzene rings is 1. The van der Waals surface area contributed by atoms with Crippen molar-refractivity contribution < 1.29 is 13.6 Å². The number of imidazole rings is 1. The summed E-state index contributed by atoms with van der Waals surface area (Å²) in [5.41, 5.74) is 3.52. The highest BCUT2D eigenvalue weighted by Crippen LogP contribution is 2.18. The number of H-pyrrole nitrogens is 1. The molecule has 0 bridgehead atoms. The second-order valence-electron chi connectivity index (χ2n) is 3.62. The first kappa shape index (κ1) is 13.8. The zero-order valence-electron chi connectivity index (χ0n) is 9.24. The third-order valence-electron chi connectivity index (χ3n) is 2.42. The van der Waals surface area contributed by atoms with E-state index in [1.54, 1.807) is 0 Å². The molecule has 1 aromatic heterocycles. The molecular formula is C10H7ClF2N4OS. The number of fused-ring (bicyclic) bond motifs is 1. The van der Waals surface area contributed by atoms with E-state index in [1.165, 1.54) is 0 Å². The fourth-order valence-corrected chi connectivity index (χ4v) is 2.15. The molecule has 0 atom stereocenters. The van der Waals surface area contributed by atoms with Crippen molar-refractivity contribution in [1.29, 1.82) is 0 Å². The Bertz CT molecular complexity index is 648. The number of carbonyl (C=O) groups excluding carboxylic acids is 1. The molecule has 0 aliphatic carbocycles. The number of amides is 1. The summed E-state index contributed by atoms with van der Waals surface area (Å²) in [4.78, 5) is 17.9. The van der Waals surface area contributed by atoms with Crippen molar-refractivity contribution >= 4 is 46.2 Å².